The average Bonchev–Trinajstić information content (AvgIpc) is 2.47. The first-order valence-corrected chi connectivity index (χ1v) is 7.98. The number of hydrogen-bond acceptors (Lipinski definition) is 5. The van der Waals surface area contributed by atoms with Crippen LogP contribution in [0.5, 0.6) is 0 Å². The maximum Gasteiger partial charge on any atom is 0.0897 e. The third kappa shape index (κ3) is 5.66. The van der Waals surface area contributed by atoms with E-state index in [2.05, 4.69) is 5.32 Å². The second-order valence-corrected chi connectivity index (χ2v) is 6.21. The van der Waals surface area contributed by atoms with Crippen LogP contribution in [0, 0.1) is 0 Å². The molecule has 1 unspecified atom stereocenters. The molecule has 0 spiro atoms. The lowest BCUT2D eigenvalue weighted by atomic mass is 9.94. The Bertz CT molecular complexity index is 263. The highest BCUT2D eigenvalue weighted by Gasteiger charge is 2.29. The van der Waals surface area contributed by atoms with Crippen LogP contribution in [0.1, 0.15) is 44.9 Å². The van der Waals surface area contributed by atoms with Gasteiger partial charge < -0.3 is 25.0 Å². The second-order valence-electron chi connectivity index (χ2n) is 6.21. The van der Waals surface area contributed by atoms with Gasteiger partial charge in [0.25, 0.3) is 0 Å². The largest absolute Gasteiger partial charge is 0.389 e. The Morgan fingerprint density at radius 3 is 2.60 bits per heavy atom. The van der Waals surface area contributed by atoms with Crippen molar-refractivity contribution in [2.45, 2.75) is 62.8 Å². The van der Waals surface area contributed by atoms with Crippen LogP contribution in [0.25, 0.3) is 0 Å². The van der Waals surface area contributed by atoms with Crippen molar-refractivity contribution in [1.82, 2.24) is 5.32 Å². The summed E-state index contributed by atoms with van der Waals surface area (Å²) < 4.78 is 11.0. The van der Waals surface area contributed by atoms with Crippen molar-refractivity contribution in [1.29, 1.82) is 0 Å². The van der Waals surface area contributed by atoms with Crippen molar-refractivity contribution in [3.05, 3.63) is 0 Å². The first kappa shape index (κ1) is 16.2. The van der Waals surface area contributed by atoms with Gasteiger partial charge in [-0.3, -0.25) is 0 Å². The predicted octanol–water partition coefficient (Wildman–Crippen LogP) is 0.828. The van der Waals surface area contributed by atoms with Crippen LogP contribution in [0.15, 0.2) is 0 Å². The zero-order chi connectivity index (χ0) is 14.3. The van der Waals surface area contributed by atoms with Gasteiger partial charge in [0.1, 0.15) is 0 Å². The Kier molecular flexibility index (Phi) is 6.71. The molecule has 0 amide bonds. The van der Waals surface area contributed by atoms with Crippen molar-refractivity contribution in [2.75, 3.05) is 32.9 Å². The molecule has 5 heteroatoms. The number of ether oxygens (including phenoxy) is 2. The lowest BCUT2D eigenvalue weighted by molar-refractivity contribution is -0.0644. The molecule has 0 aromatic rings. The summed E-state index contributed by atoms with van der Waals surface area (Å²) in [6, 6.07) is 0. The maximum atomic E-state index is 10.3. The Morgan fingerprint density at radius 2 is 1.90 bits per heavy atom. The molecule has 5 nitrogen and oxygen atoms in total. The maximum absolute atomic E-state index is 10.3. The number of hydrogen-bond donors (Lipinski definition) is 3. The van der Waals surface area contributed by atoms with Gasteiger partial charge in [-0.25, -0.2) is 0 Å². The van der Waals surface area contributed by atoms with E-state index < -0.39 is 11.7 Å². The standard InChI is InChI=1S/C15H29NO4/c17-13(11-20-14-4-2-1-3-5-14)10-16-12-15(18)6-8-19-9-7-15/h13-14,16-18H,1-12H2. The third-order valence-electron chi connectivity index (χ3n) is 4.33. The lowest BCUT2D eigenvalue weighted by Gasteiger charge is -2.32. The van der Waals surface area contributed by atoms with E-state index in [9.17, 15) is 10.2 Å². The summed E-state index contributed by atoms with van der Waals surface area (Å²) in [5.74, 6) is 0. The number of aliphatic hydroxyl groups excluding tert-OH is 1. The van der Waals surface area contributed by atoms with Crippen LogP contribution in [-0.4, -0.2) is 60.9 Å². The minimum absolute atomic E-state index is 0.332. The van der Waals surface area contributed by atoms with Gasteiger partial charge in [-0.15, -0.1) is 0 Å². The molecule has 0 aromatic heterocycles. The Hall–Kier alpha value is -0.200. The molecule has 1 saturated carbocycles. The quantitative estimate of drug-likeness (QED) is 0.647. The van der Waals surface area contributed by atoms with Crippen LogP contribution >= 0.6 is 0 Å². The van der Waals surface area contributed by atoms with Gasteiger partial charge in [0.2, 0.25) is 0 Å². The molecule has 2 fully saturated rings. The van der Waals surface area contributed by atoms with E-state index in [-0.39, 0.29) is 0 Å². The van der Waals surface area contributed by atoms with Crippen molar-refractivity contribution in [3.63, 3.8) is 0 Å². The van der Waals surface area contributed by atoms with E-state index >= 15 is 0 Å². The van der Waals surface area contributed by atoms with E-state index in [1.165, 1.54) is 19.3 Å². The first-order chi connectivity index (χ1) is 9.68. The van der Waals surface area contributed by atoms with E-state index in [0.29, 0.717) is 51.9 Å². The van der Waals surface area contributed by atoms with Crippen molar-refractivity contribution < 1.29 is 19.7 Å². The fourth-order valence-corrected chi connectivity index (χ4v) is 2.94. The SMILES string of the molecule is OC(CNCC1(O)CCOCC1)COC1CCCCC1. The smallest absolute Gasteiger partial charge is 0.0897 e. The highest BCUT2D eigenvalue weighted by atomic mass is 16.5. The molecular formula is C15H29NO4. The molecule has 1 aliphatic carbocycles. The monoisotopic (exact) mass is 287 g/mol. The van der Waals surface area contributed by atoms with Gasteiger partial charge in [0, 0.05) is 39.1 Å². The molecule has 20 heavy (non-hydrogen) atoms. The number of aliphatic hydroxyl groups is 2. The van der Waals surface area contributed by atoms with Crippen molar-refractivity contribution >= 4 is 0 Å². The summed E-state index contributed by atoms with van der Waals surface area (Å²) in [5.41, 5.74) is -0.678. The van der Waals surface area contributed by atoms with Gasteiger partial charge in [-0.1, -0.05) is 19.3 Å². The summed E-state index contributed by atoms with van der Waals surface area (Å²) in [7, 11) is 0. The molecule has 118 valence electrons. The Labute approximate surface area is 121 Å². The highest BCUT2D eigenvalue weighted by Crippen LogP contribution is 2.20. The summed E-state index contributed by atoms with van der Waals surface area (Å²) in [6.45, 7) is 2.60. The predicted molar refractivity (Wildman–Crippen MR) is 76.7 cm³/mol. The number of rotatable bonds is 7. The van der Waals surface area contributed by atoms with Crippen molar-refractivity contribution in [2.24, 2.45) is 0 Å². The summed E-state index contributed by atoms with van der Waals surface area (Å²) in [6.07, 6.45) is 7.20. The summed E-state index contributed by atoms with van der Waals surface area (Å²) >= 11 is 0. The fraction of sp³-hybridized carbons (Fsp3) is 1.00. The Balaban J connectivity index is 1.54. The van der Waals surface area contributed by atoms with E-state index in [0.717, 1.165) is 12.8 Å². The van der Waals surface area contributed by atoms with Crippen LogP contribution in [0.4, 0.5) is 0 Å². The molecule has 1 atom stereocenters. The topological polar surface area (TPSA) is 71.0 Å². The molecular weight excluding hydrogens is 258 g/mol. The minimum atomic E-state index is -0.678. The zero-order valence-corrected chi connectivity index (χ0v) is 12.4. The minimum Gasteiger partial charge on any atom is -0.389 e. The van der Waals surface area contributed by atoms with Gasteiger partial charge in [-0.05, 0) is 12.8 Å². The number of nitrogens with one attached hydrogen (secondary N) is 1. The van der Waals surface area contributed by atoms with E-state index in [1.807, 2.05) is 0 Å². The van der Waals surface area contributed by atoms with Gasteiger partial charge in [-0.2, -0.15) is 0 Å². The van der Waals surface area contributed by atoms with E-state index in [1.54, 1.807) is 0 Å². The highest BCUT2D eigenvalue weighted by molar-refractivity contribution is 4.83. The van der Waals surface area contributed by atoms with Crippen LogP contribution < -0.4 is 5.32 Å². The van der Waals surface area contributed by atoms with Crippen molar-refractivity contribution in [3.8, 4) is 0 Å². The van der Waals surface area contributed by atoms with Gasteiger partial charge in [0.15, 0.2) is 0 Å². The third-order valence-corrected chi connectivity index (χ3v) is 4.33. The van der Waals surface area contributed by atoms with Crippen LogP contribution in [0.3, 0.4) is 0 Å². The second kappa shape index (κ2) is 8.29. The summed E-state index contributed by atoms with van der Waals surface area (Å²) in [5, 5.41) is 23.3. The molecule has 0 aromatic carbocycles. The lowest BCUT2D eigenvalue weighted by Crippen LogP contribution is -2.47. The molecule has 0 bridgehead atoms. The molecule has 1 saturated heterocycles. The normalized spacial score (nSPS) is 25.5. The first-order valence-electron chi connectivity index (χ1n) is 7.98. The van der Waals surface area contributed by atoms with Crippen LogP contribution in [-0.2, 0) is 9.47 Å². The molecule has 0 radical (unpaired) electrons. The molecule has 1 aliphatic heterocycles. The Morgan fingerprint density at radius 1 is 1.20 bits per heavy atom. The summed E-state index contributed by atoms with van der Waals surface area (Å²) in [4.78, 5) is 0. The molecule has 2 rings (SSSR count). The van der Waals surface area contributed by atoms with Gasteiger partial charge in [0.05, 0.1) is 24.4 Å². The fourth-order valence-electron chi connectivity index (χ4n) is 2.94. The van der Waals surface area contributed by atoms with E-state index in [4.69, 9.17) is 9.47 Å². The molecule has 1 heterocycles. The molecule has 2 aliphatic rings. The average molecular weight is 287 g/mol. The zero-order valence-electron chi connectivity index (χ0n) is 12.4. The molecule has 3 N–H and O–H groups in total. The van der Waals surface area contributed by atoms with Gasteiger partial charge >= 0.3 is 0 Å². The van der Waals surface area contributed by atoms with Crippen LogP contribution in [0.2, 0.25) is 0 Å².